The van der Waals surface area contributed by atoms with E-state index in [4.69, 9.17) is 20.0 Å². The summed E-state index contributed by atoms with van der Waals surface area (Å²) in [5, 5.41) is 7.68. The minimum Gasteiger partial charge on any atom is -0.487 e. The maximum Gasteiger partial charge on any atom is 0.251 e. The fourth-order valence-corrected chi connectivity index (χ4v) is 5.30. The van der Waals surface area contributed by atoms with Gasteiger partial charge in [-0.25, -0.2) is 0 Å². The van der Waals surface area contributed by atoms with E-state index in [1.807, 2.05) is 37.2 Å². The Morgan fingerprint density at radius 3 is 2.18 bits per heavy atom. The second-order valence-corrected chi connectivity index (χ2v) is 9.46. The summed E-state index contributed by atoms with van der Waals surface area (Å²) in [4.78, 5) is 1.83. The third-order valence-electron chi connectivity index (χ3n) is 1.57. The Labute approximate surface area is 125 Å². The Morgan fingerprint density at radius 1 is 1.29 bits per heavy atom. The quantitative estimate of drug-likeness (QED) is 0.508. The molecule has 0 aliphatic rings. The standard InChI is InChI=1S/C6H5.C3H7NOS.CH3NOS.Hg/c1-2-4-6-5-3-1;1-4(2)3(5)6;2-1(3)4;/h1-5H;1-2H3,(H,5,6);(H3,2,3,4);/q;;;+1/p-1. The van der Waals surface area contributed by atoms with Crippen molar-refractivity contribution in [1.82, 2.24) is 4.90 Å². The van der Waals surface area contributed by atoms with Crippen LogP contribution < -0.4 is 8.81 Å². The fourth-order valence-electron chi connectivity index (χ4n) is 0.848. The number of aliphatic hydroxyl groups is 1. The van der Waals surface area contributed by atoms with Gasteiger partial charge >= 0.3 is 97.5 Å². The van der Waals surface area contributed by atoms with Crippen LogP contribution in [-0.4, -0.2) is 34.5 Å². The molecule has 0 fully saturated rings. The third kappa shape index (κ3) is 10.4. The van der Waals surface area contributed by atoms with E-state index in [2.05, 4.69) is 30.1 Å². The molecule has 0 aliphatic carbocycles. The van der Waals surface area contributed by atoms with E-state index in [-0.39, 0.29) is 0 Å². The van der Waals surface area contributed by atoms with E-state index >= 15 is 0 Å². The smallest absolute Gasteiger partial charge is 0.251 e. The van der Waals surface area contributed by atoms with Crippen LogP contribution in [0, 0.1) is 0 Å². The Hall–Kier alpha value is -0.465. The largest absolute Gasteiger partial charge is 0.487 e. The van der Waals surface area contributed by atoms with Crippen molar-refractivity contribution in [2.24, 2.45) is 5.73 Å². The van der Waals surface area contributed by atoms with Gasteiger partial charge in [-0.05, 0) is 12.2 Å². The molecule has 7 heteroatoms. The fraction of sp³-hybridized carbons (Fsp3) is 0.200. The monoisotopic (exact) mass is 460 g/mol. The van der Waals surface area contributed by atoms with Crippen molar-refractivity contribution in [1.29, 1.82) is 0 Å². The molecule has 0 aromatic heterocycles. The van der Waals surface area contributed by atoms with Crippen molar-refractivity contribution < 1.29 is 32.8 Å². The molecule has 90 valence electrons. The summed E-state index contributed by atoms with van der Waals surface area (Å²) in [6.45, 7) is 0. The third-order valence-corrected chi connectivity index (χ3v) is 7.62. The molecule has 0 heterocycles. The summed E-state index contributed by atoms with van der Waals surface area (Å²) in [6, 6.07) is 10.3. The zero-order valence-electron chi connectivity index (χ0n) is 9.79. The number of hydrogen-bond donors (Lipinski definition) is 2. The molecule has 0 amide bonds. The first kappa shape index (κ1) is 16.5. The summed E-state index contributed by atoms with van der Waals surface area (Å²) < 4.78 is 6.92. The minimum atomic E-state index is -1.42. The number of nitrogens with zero attached hydrogens (tertiary/aromatic N) is 1. The molecule has 1 aromatic rings. The molecule has 1 aromatic carbocycles. The zero-order chi connectivity index (χ0) is 13.3. The average Bonchev–Trinajstić information content (AvgIpc) is 2.26. The average molecular weight is 459 g/mol. The molecular formula is C10H14HgN2O2S2. The van der Waals surface area contributed by atoms with Gasteiger partial charge in [-0.2, -0.15) is 0 Å². The Kier molecular flexibility index (Phi) is 9.29. The van der Waals surface area contributed by atoms with Crippen LogP contribution in [0.15, 0.2) is 30.3 Å². The van der Waals surface area contributed by atoms with Crippen LogP contribution in [0.4, 0.5) is 0 Å². The van der Waals surface area contributed by atoms with Crippen LogP contribution in [0.3, 0.4) is 0 Å². The predicted molar refractivity (Wildman–Crippen MR) is 72.9 cm³/mol. The first-order chi connectivity index (χ1) is 7.93. The van der Waals surface area contributed by atoms with Crippen LogP contribution in [0.1, 0.15) is 0 Å². The van der Waals surface area contributed by atoms with Gasteiger partial charge in [0.25, 0.3) is 5.17 Å². The normalized spacial score (nSPS) is 8.12. The van der Waals surface area contributed by atoms with Crippen LogP contribution in [0.2, 0.25) is 0 Å². The van der Waals surface area contributed by atoms with Gasteiger partial charge in [-0.1, -0.05) is 0 Å². The number of thiocarbonyl (C=S) groups is 2. The van der Waals surface area contributed by atoms with Crippen molar-refractivity contribution in [3.63, 3.8) is 0 Å². The van der Waals surface area contributed by atoms with Gasteiger partial charge in [-0.15, -0.1) is 0 Å². The first-order valence-corrected chi connectivity index (χ1v) is 10.6. The van der Waals surface area contributed by atoms with Gasteiger partial charge in [0.2, 0.25) is 0 Å². The topological polar surface area (TPSA) is 58.7 Å². The van der Waals surface area contributed by atoms with Gasteiger partial charge in [-0.3, -0.25) is 0 Å². The molecule has 0 saturated heterocycles. The van der Waals surface area contributed by atoms with Crippen LogP contribution in [-0.2, 0) is 27.7 Å². The van der Waals surface area contributed by atoms with Crippen molar-refractivity contribution in [2.45, 2.75) is 0 Å². The SMILES string of the molecule is CN(C)C(=S)[O][Hg][c]1ccccc1.NC(O)=S. The number of rotatable bonds is 2. The molecule has 17 heavy (non-hydrogen) atoms. The summed E-state index contributed by atoms with van der Waals surface area (Å²) in [6.07, 6.45) is 0. The van der Waals surface area contributed by atoms with E-state index in [0.717, 1.165) is 0 Å². The summed E-state index contributed by atoms with van der Waals surface area (Å²) in [5.41, 5.74) is 4.40. The number of aliphatic hydroxyl groups excluding tert-OH is 1. The molecule has 4 nitrogen and oxygen atoms in total. The van der Waals surface area contributed by atoms with E-state index in [0.29, 0.717) is 5.17 Å². The Morgan fingerprint density at radius 2 is 1.76 bits per heavy atom. The molecule has 1 rings (SSSR count). The second-order valence-electron chi connectivity index (χ2n) is 3.27. The van der Waals surface area contributed by atoms with E-state index in [1.54, 1.807) is 0 Å². The van der Waals surface area contributed by atoms with Crippen LogP contribution in [0.5, 0.6) is 0 Å². The summed E-state index contributed by atoms with van der Waals surface area (Å²) in [7, 11) is 3.81. The van der Waals surface area contributed by atoms with E-state index < -0.39 is 30.2 Å². The molecule has 0 aliphatic heterocycles. The Bertz CT molecular complexity index is 357. The van der Waals surface area contributed by atoms with Crippen molar-refractivity contribution >= 4 is 37.9 Å². The summed E-state index contributed by atoms with van der Waals surface area (Å²) in [5.74, 6) is 0. The molecule has 0 atom stereocenters. The number of benzene rings is 1. The van der Waals surface area contributed by atoms with Crippen LogP contribution >= 0.6 is 24.4 Å². The van der Waals surface area contributed by atoms with Gasteiger partial charge in [0, 0.05) is 0 Å². The molecule has 0 spiro atoms. The van der Waals surface area contributed by atoms with Gasteiger partial charge in [0.15, 0.2) is 0 Å². The summed E-state index contributed by atoms with van der Waals surface area (Å²) >= 11 is 7.49. The predicted octanol–water partition coefficient (Wildman–Crippen LogP) is 0.960. The Balaban J connectivity index is 0.000000557. The molecule has 0 bridgehead atoms. The zero-order valence-corrected chi connectivity index (χ0v) is 16.9. The molecule has 0 saturated carbocycles. The van der Waals surface area contributed by atoms with Crippen molar-refractivity contribution in [2.75, 3.05) is 14.1 Å². The molecule has 3 N–H and O–H groups in total. The van der Waals surface area contributed by atoms with Gasteiger partial charge in [0.1, 0.15) is 0 Å². The first-order valence-electron chi connectivity index (χ1n) is 4.80. The molecule has 0 unspecified atom stereocenters. The number of nitrogens with two attached hydrogens (primary N) is 1. The van der Waals surface area contributed by atoms with Gasteiger partial charge in [0.05, 0.1) is 0 Å². The number of hydrogen-bond acceptors (Lipinski definition) is 3. The van der Waals surface area contributed by atoms with Crippen molar-refractivity contribution in [3.8, 4) is 0 Å². The van der Waals surface area contributed by atoms with E-state index in [9.17, 15) is 0 Å². The van der Waals surface area contributed by atoms with Crippen LogP contribution in [0.25, 0.3) is 0 Å². The molecular weight excluding hydrogens is 445 g/mol. The van der Waals surface area contributed by atoms with Gasteiger partial charge < -0.3 is 10.8 Å². The van der Waals surface area contributed by atoms with Crippen molar-refractivity contribution in [3.05, 3.63) is 30.3 Å². The molecule has 0 radical (unpaired) electrons. The maximum atomic E-state index is 7.56. The minimum absolute atomic E-state index is 0.500. The maximum absolute atomic E-state index is 7.56. The second kappa shape index (κ2) is 9.55. The van der Waals surface area contributed by atoms with E-state index in [1.165, 1.54) is 3.07 Å².